The van der Waals surface area contributed by atoms with Crippen LogP contribution in [0.4, 0.5) is 5.69 Å². The molecule has 0 spiro atoms. The molecule has 0 bridgehead atoms. The van der Waals surface area contributed by atoms with Crippen LogP contribution in [0.25, 0.3) is 0 Å². The van der Waals surface area contributed by atoms with Crippen molar-refractivity contribution in [2.75, 3.05) is 11.9 Å². The number of nitrogens with two attached hydrogens (primary N) is 1. The number of hydrogen-bond acceptors (Lipinski definition) is 2. The number of benzene rings is 1. The highest BCUT2D eigenvalue weighted by atomic mass is 79.9. The van der Waals surface area contributed by atoms with Crippen LogP contribution < -0.4 is 11.1 Å². The first-order valence-electron chi connectivity index (χ1n) is 4.73. The Morgan fingerprint density at radius 1 is 1.38 bits per heavy atom. The fourth-order valence-electron chi connectivity index (χ4n) is 0.926. The van der Waals surface area contributed by atoms with Gasteiger partial charge in [-0.15, -0.1) is 12.4 Å². The zero-order valence-electron chi connectivity index (χ0n) is 9.29. The van der Waals surface area contributed by atoms with Gasteiger partial charge in [0.05, 0.1) is 5.41 Å². The van der Waals surface area contributed by atoms with E-state index in [-0.39, 0.29) is 18.3 Å². The number of anilines is 1. The van der Waals surface area contributed by atoms with Gasteiger partial charge < -0.3 is 11.1 Å². The molecule has 0 unspecified atom stereocenters. The summed E-state index contributed by atoms with van der Waals surface area (Å²) in [6, 6.07) is 7.44. The van der Waals surface area contributed by atoms with Gasteiger partial charge in [0.2, 0.25) is 5.91 Å². The van der Waals surface area contributed by atoms with E-state index in [4.69, 9.17) is 5.73 Å². The van der Waals surface area contributed by atoms with E-state index < -0.39 is 5.41 Å². The number of halogens is 2. The van der Waals surface area contributed by atoms with Crippen LogP contribution >= 0.6 is 28.3 Å². The normalized spacial score (nSPS) is 10.5. The third-order valence-electron chi connectivity index (χ3n) is 2.23. The van der Waals surface area contributed by atoms with Crippen molar-refractivity contribution in [1.82, 2.24) is 0 Å². The second-order valence-electron chi connectivity index (χ2n) is 4.05. The molecule has 16 heavy (non-hydrogen) atoms. The zero-order chi connectivity index (χ0) is 11.5. The van der Waals surface area contributed by atoms with Gasteiger partial charge in [-0.05, 0) is 38.1 Å². The summed E-state index contributed by atoms with van der Waals surface area (Å²) in [5.41, 5.74) is 5.76. The molecule has 3 N–H and O–H groups in total. The molecule has 5 heteroatoms. The summed E-state index contributed by atoms with van der Waals surface area (Å²) in [6.07, 6.45) is 0. The Balaban J connectivity index is 0.00000225. The van der Waals surface area contributed by atoms with Crippen LogP contribution in [-0.2, 0) is 4.79 Å². The van der Waals surface area contributed by atoms with Gasteiger partial charge >= 0.3 is 0 Å². The van der Waals surface area contributed by atoms with E-state index in [2.05, 4.69) is 21.2 Å². The van der Waals surface area contributed by atoms with E-state index in [9.17, 15) is 4.79 Å². The molecule has 0 radical (unpaired) electrons. The van der Waals surface area contributed by atoms with Gasteiger partial charge in [0.15, 0.2) is 0 Å². The molecule has 1 aromatic carbocycles. The fraction of sp³-hybridized carbons (Fsp3) is 0.364. The van der Waals surface area contributed by atoms with E-state index in [1.807, 2.05) is 38.1 Å². The minimum absolute atomic E-state index is 0. The summed E-state index contributed by atoms with van der Waals surface area (Å²) in [4.78, 5) is 11.7. The molecule has 0 aliphatic carbocycles. The standard InChI is InChI=1S/C11H15BrN2O.ClH/c1-11(2,7-13)10(15)14-9-5-3-8(12)4-6-9;/h3-6H,7,13H2,1-2H3,(H,14,15);1H. The van der Waals surface area contributed by atoms with Crippen LogP contribution in [0.5, 0.6) is 0 Å². The number of hydrogen-bond donors (Lipinski definition) is 2. The van der Waals surface area contributed by atoms with Crippen molar-refractivity contribution in [3.8, 4) is 0 Å². The summed E-state index contributed by atoms with van der Waals surface area (Å²) in [5, 5.41) is 2.82. The first-order chi connectivity index (χ1) is 6.95. The Kier molecular flexibility index (Phi) is 6.00. The van der Waals surface area contributed by atoms with Gasteiger partial charge in [-0.3, -0.25) is 4.79 Å². The van der Waals surface area contributed by atoms with Gasteiger partial charge in [-0.1, -0.05) is 15.9 Å². The molecular formula is C11H16BrClN2O. The summed E-state index contributed by atoms with van der Waals surface area (Å²) in [5.74, 6) is -0.0627. The SMILES string of the molecule is CC(C)(CN)C(=O)Nc1ccc(Br)cc1.Cl. The summed E-state index contributed by atoms with van der Waals surface area (Å²) < 4.78 is 0.985. The molecule has 90 valence electrons. The van der Waals surface area contributed by atoms with E-state index >= 15 is 0 Å². The number of nitrogens with one attached hydrogen (secondary N) is 1. The maximum Gasteiger partial charge on any atom is 0.231 e. The van der Waals surface area contributed by atoms with Crippen LogP contribution in [0.1, 0.15) is 13.8 Å². The Labute approximate surface area is 110 Å². The minimum atomic E-state index is -0.535. The van der Waals surface area contributed by atoms with Crippen molar-refractivity contribution in [2.24, 2.45) is 11.1 Å². The Morgan fingerprint density at radius 2 is 1.88 bits per heavy atom. The quantitative estimate of drug-likeness (QED) is 0.902. The molecule has 0 saturated heterocycles. The lowest BCUT2D eigenvalue weighted by molar-refractivity contribution is -0.123. The smallest absolute Gasteiger partial charge is 0.231 e. The van der Waals surface area contributed by atoms with Crippen molar-refractivity contribution >= 4 is 39.9 Å². The van der Waals surface area contributed by atoms with Crippen LogP contribution in [-0.4, -0.2) is 12.5 Å². The average Bonchev–Trinajstić information content (AvgIpc) is 2.21. The van der Waals surface area contributed by atoms with E-state index in [1.165, 1.54) is 0 Å². The van der Waals surface area contributed by atoms with Crippen molar-refractivity contribution in [1.29, 1.82) is 0 Å². The molecule has 0 aliphatic rings. The van der Waals surface area contributed by atoms with Gasteiger partial charge in [0.1, 0.15) is 0 Å². The van der Waals surface area contributed by atoms with Crippen LogP contribution in [0, 0.1) is 5.41 Å². The van der Waals surface area contributed by atoms with Crippen molar-refractivity contribution in [3.63, 3.8) is 0 Å². The predicted molar refractivity (Wildman–Crippen MR) is 72.9 cm³/mol. The second-order valence-corrected chi connectivity index (χ2v) is 4.96. The van der Waals surface area contributed by atoms with Gasteiger partial charge in [-0.2, -0.15) is 0 Å². The summed E-state index contributed by atoms with van der Waals surface area (Å²) in [7, 11) is 0. The highest BCUT2D eigenvalue weighted by molar-refractivity contribution is 9.10. The molecule has 0 aromatic heterocycles. The maximum absolute atomic E-state index is 11.7. The van der Waals surface area contributed by atoms with Crippen LogP contribution in [0.2, 0.25) is 0 Å². The molecule has 0 saturated carbocycles. The Bertz CT molecular complexity index is 352. The summed E-state index contributed by atoms with van der Waals surface area (Å²) in [6.45, 7) is 3.97. The van der Waals surface area contributed by atoms with Crippen molar-refractivity contribution in [2.45, 2.75) is 13.8 Å². The highest BCUT2D eigenvalue weighted by Crippen LogP contribution is 2.18. The van der Waals surface area contributed by atoms with Crippen molar-refractivity contribution < 1.29 is 4.79 Å². The number of rotatable bonds is 3. The number of amides is 1. The van der Waals surface area contributed by atoms with Gasteiger partial charge in [-0.25, -0.2) is 0 Å². The minimum Gasteiger partial charge on any atom is -0.329 e. The monoisotopic (exact) mass is 306 g/mol. The molecule has 1 amide bonds. The molecule has 0 aliphatic heterocycles. The van der Waals surface area contributed by atoms with Gasteiger partial charge in [0, 0.05) is 16.7 Å². The van der Waals surface area contributed by atoms with E-state index in [0.29, 0.717) is 6.54 Å². The molecule has 0 heterocycles. The Morgan fingerprint density at radius 3 is 2.31 bits per heavy atom. The second kappa shape index (κ2) is 6.23. The third kappa shape index (κ3) is 4.12. The molecular weight excluding hydrogens is 291 g/mol. The molecule has 3 nitrogen and oxygen atoms in total. The molecule has 0 fully saturated rings. The first-order valence-corrected chi connectivity index (χ1v) is 5.52. The fourth-order valence-corrected chi connectivity index (χ4v) is 1.19. The first kappa shape index (κ1) is 15.4. The topological polar surface area (TPSA) is 55.1 Å². The number of carbonyl (C=O) groups is 1. The van der Waals surface area contributed by atoms with E-state index in [0.717, 1.165) is 10.2 Å². The average molecular weight is 308 g/mol. The zero-order valence-corrected chi connectivity index (χ0v) is 11.7. The van der Waals surface area contributed by atoms with Crippen LogP contribution in [0.3, 0.4) is 0 Å². The maximum atomic E-state index is 11.7. The molecule has 0 atom stereocenters. The van der Waals surface area contributed by atoms with Gasteiger partial charge in [0.25, 0.3) is 0 Å². The largest absolute Gasteiger partial charge is 0.329 e. The predicted octanol–water partition coefficient (Wildman–Crippen LogP) is 2.79. The van der Waals surface area contributed by atoms with Crippen molar-refractivity contribution in [3.05, 3.63) is 28.7 Å². The Hall–Kier alpha value is -0.580. The number of carbonyl (C=O) groups excluding carboxylic acids is 1. The third-order valence-corrected chi connectivity index (χ3v) is 2.76. The summed E-state index contributed by atoms with van der Waals surface area (Å²) >= 11 is 3.33. The molecule has 1 rings (SSSR count). The lowest BCUT2D eigenvalue weighted by atomic mass is 9.92. The van der Waals surface area contributed by atoms with E-state index in [1.54, 1.807) is 0 Å². The lowest BCUT2D eigenvalue weighted by Crippen LogP contribution is -2.37. The molecule has 1 aromatic rings. The van der Waals surface area contributed by atoms with Crippen LogP contribution in [0.15, 0.2) is 28.7 Å². The lowest BCUT2D eigenvalue weighted by Gasteiger charge is -2.21. The highest BCUT2D eigenvalue weighted by Gasteiger charge is 2.25.